The smallest absolute Gasteiger partial charge is 0.237 e. The fraction of sp³-hybridized carbons (Fsp3) is 0.462. The molecule has 0 aliphatic carbocycles. The molecule has 1 N–H and O–H groups in total. The van der Waals surface area contributed by atoms with Crippen molar-refractivity contribution in [3.05, 3.63) is 30.1 Å². The molecule has 1 aromatic rings. The first-order valence-electron chi connectivity index (χ1n) is 5.86. The molecule has 1 aromatic heterocycles. The number of carbonyl (C=O) groups excluding carboxylic acids is 2. The second-order valence-corrected chi connectivity index (χ2v) is 4.60. The van der Waals surface area contributed by atoms with E-state index in [9.17, 15) is 9.59 Å². The maximum atomic E-state index is 12.2. The minimum Gasteiger partial charge on any atom is -0.295 e. The summed E-state index contributed by atoms with van der Waals surface area (Å²) in [5.74, 6) is -0.497. The van der Waals surface area contributed by atoms with E-state index in [1.165, 1.54) is 0 Å². The Labute approximate surface area is 100 Å². The molecule has 4 heteroatoms. The zero-order chi connectivity index (χ0) is 12.5. The fourth-order valence-electron chi connectivity index (χ4n) is 2.49. The third kappa shape index (κ3) is 1.84. The van der Waals surface area contributed by atoms with E-state index in [0.29, 0.717) is 12.8 Å². The molecular formula is C13H16N2O2. The van der Waals surface area contributed by atoms with Crippen molar-refractivity contribution >= 4 is 11.8 Å². The summed E-state index contributed by atoms with van der Waals surface area (Å²) in [4.78, 5) is 27.6. The van der Waals surface area contributed by atoms with Crippen molar-refractivity contribution in [2.75, 3.05) is 0 Å². The highest BCUT2D eigenvalue weighted by Crippen LogP contribution is 2.37. The van der Waals surface area contributed by atoms with Gasteiger partial charge in [0.05, 0.1) is 5.41 Å². The molecule has 90 valence electrons. The van der Waals surface area contributed by atoms with Crippen molar-refractivity contribution in [1.82, 2.24) is 10.3 Å². The van der Waals surface area contributed by atoms with E-state index in [-0.39, 0.29) is 17.7 Å². The molecule has 0 aromatic carbocycles. The molecule has 17 heavy (non-hydrogen) atoms. The SMILES string of the molecule is CC[C@]1(c2ccncc2)C[C@@H](C)C(=O)NC1=O. The average Bonchev–Trinajstić information content (AvgIpc) is 2.35. The van der Waals surface area contributed by atoms with E-state index in [2.05, 4.69) is 10.3 Å². The largest absolute Gasteiger partial charge is 0.295 e. The van der Waals surface area contributed by atoms with Gasteiger partial charge in [0, 0.05) is 18.3 Å². The highest BCUT2D eigenvalue weighted by molar-refractivity contribution is 6.04. The Kier molecular flexibility index (Phi) is 2.96. The number of nitrogens with zero attached hydrogens (tertiary/aromatic N) is 1. The van der Waals surface area contributed by atoms with Crippen molar-refractivity contribution in [2.45, 2.75) is 32.1 Å². The molecule has 2 atom stereocenters. The van der Waals surface area contributed by atoms with Crippen LogP contribution < -0.4 is 5.32 Å². The number of aromatic nitrogens is 1. The lowest BCUT2D eigenvalue weighted by Crippen LogP contribution is -2.54. The van der Waals surface area contributed by atoms with Crippen molar-refractivity contribution in [2.24, 2.45) is 5.92 Å². The van der Waals surface area contributed by atoms with Crippen molar-refractivity contribution in [3.63, 3.8) is 0 Å². The molecule has 1 aliphatic rings. The number of hydrogen-bond acceptors (Lipinski definition) is 3. The summed E-state index contributed by atoms with van der Waals surface area (Å²) >= 11 is 0. The van der Waals surface area contributed by atoms with Crippen molar-refractivity contribution in [1.29, 1.82) is 0 Å². The van der Waals surface area contributed by atoms with Crippen molar-refractivity contribution in [3.8, 4) is 0 Å². The second kappa shape index (κ2) is 4.28. The predicted octanol–water partition coefficient (Wildman–Crippen LogP) is 1.41. The van der Waals surface area contributed by atoms with E-state index in [1.807, 2.05) is 26.0 Å². The van der Waals surface area contributed by atoms with Crippen LogP contribution in [0.25, 0.3) is 0 Å². The van der Waals surface area contributed by atoms with Gasteiger partial charge in [0.25, 0.3) is 0 Å². The van der Waals surface area contributed by atoms with Gasteiger partial charge in [0.1, 0.15) is 0 Å². The molecule has 2 rings (SSSR count). The summed E-state index contributed by atoms with van der Waals surface area (Å²) in [7, 11) is 0. The first-order chi connectivity index (χ1) is 8.10. The number of pyridine rings is 1. The van der Waals surface area contributed by atoms with Crippen LogP contribution in [0.2, 0.25) is 0 Å². The first kappa shape index (κ1) is 11.8. The van der Waals surface area contributed by atoms with Crippen LogP contribution in [0.4, 0.5) is 0 Å². The predicted molar refractivity (Wildman–Crippen MR) is 63.1 cm³/mol. The maximum Gasteiger partial charge on any atom is 0.237 e. The molecule has 1 saturated heterocycles. The average molecular weight is 232 g/mol. The number of amides is 2. The third-order valence-electron chi connectivity index (χ3n) is 3.61. The highest BCUT2D eigenvalue weighted by Gasteiger charge is 2.45. The number of imide groups is 1. The minimum atomic E-state index is -0.587. The highest BCUT2D eigenvalue weighted by atomic mass is 16.2. The standard InChI is InChI=1S/C13H16N2O2/c1-3-13(10-4-6-14-7-5-10)8-9(2)11(16)15-12(13)17/h4-7,9H,3,8H2,1-2H3,(H,15,16,17)/t9-,13-/m1/s1. The van der Waals surface area contributed by atoms with E-state index >= 15 is 0 Å². The molecule has 1 aliphatic heterocycles. The van der Waals surface area contributed by atoms with Crippen LogP contribution in [-0.2, 0) is 15.0 Å². The maximum absolute atomic E-state index is 12.2. The number of nitrogens with one attached hydrogen (secondary N) is 1. The normalized spacial score (nSPS) is 28.9. The van der Waals surface area contributed by atoms with Crippen LogP contribution in [0.5, 0.6) is 0 Å². The lowest BCUT2D eigenvalue weighted by molar-refractivity contribution is -0.141. The fourth-order valence-corrected chi connectivity index (χ4v) is 2.49. The molecule has 0 bridgehead atoms. The van der Waals surface area contributed by atoms with Crippen LogP contribution in [0.3, 0.4) is 0 Å². The summed E-state index contributed by atoms with van der Waals surface area (Å²) in [5.41, 5.74) is 0.350. The number of carbonyl (C=O) groups is 2. The molecule has 0 radical (unpaired) electrons. The van der Waals surface area contributed by atoms with Crippen LogP contribution in [0, 0.1) is 5.92 Å². The van der Waals surface area contributed by atoms with E-state index in [0.717, 1.165) is 5.56 Å². The Balaban J connectivity index is 2.44. The Morgan fingerprint density at radius 2 is 2.06 bits per heavy atom. The Bertz CT molecular complexity index is 444. The lowest BCUT2D eigenvalue weighted by Gasteiger charge is -2.37. The van der Waals surface area contributed by atoms with Gasteiger partial charge in [0.15, 0.2) is 0 Å². The molecule has 0 unspecified atom stereocenters. The summed E-state index contributed by atoms with van der Waals surface area (Å²) < 4.78 is 0. The zero-order valence-electron chi connectivity index (χ0n) is 10.1. The van der Waals surface area contributed by atoms with Gasteiger partial charge >= 0.3 is 0 Å². The molecule has 1 fully saturated rings. The van der Waals surface area contributed by atoms with E-state index in [1.54, 1.807) is 12.4 Å². The summed E-state index contributed by atoms with van der Waals surface area (Å²) in [6.07, 6.45) is 4.61. The number of rotatable bonds is 2. The van der Waals surface area contributed by atoms with Crippen LogP contribution in [-0.4, -0.2) is 16.8 Å². The van der Waals surface area contributed by atoms with Crippen LogP contribution in [0.15, 0.2) is 24.5 Å². The van der Waals surface area contributed by atoms with Gasteiger partial charge in [-0.05, 0) is 30.5 Å². The second-order valence-electron chi connectivity index (χ2n) is 4.60. The van der Waals surface area contributed by atoms with Gasteiger partial charge in [0.2, 0.25) is 11.8 Å². The van der Waals surface area contributed by atoms with Gasteiger partial charge in [-0.3, -0.25) is 19.9 Å². The minimum absolute atomic E-state index is 0.138. The number of hydrogen-bond donors (Lipinski definition) is 1. The summed E-state index contributed by atoms with van der Waals surface area (Å²) in [6, 6.07) is 3.71. The Morgan fingerprint density at radius 1 is 1.41 bits per heavy atom. The monoisotopic (exact) mass is 232 g/mol. The van der Waals surface area contributed by atoms with Gasteiger partial charge in [-0.25, -0.2) is 0 Å². The van der Waals surface area contributed by atoms with Gasteiger partial charge in [-0.1, -0.05) is 13.8 Å². The van der Waals surface area contributed by atoms with Gasteiger partial charge in [-0.2, -0.15) is 0 Å². The summed E-state index contributed by atoms with van der Waals surface area (Å²) in [6.45, 7) is 3.83. The summed E-state index contributed by atoms with van der Waals surface area (Å²) in [5, 5.41) is 2.47. The van der Waals surface area contributed by atoms with E-state index < -0.39 is 5.41 Å². The molecule has 2 amide bonds. The molecule has 0 spiro atoms. The third-order valence-corrected chi connectivity index (χ3v) is 3.61. The molecule has 4 nitrogen and oxygen atoms in total. The Hall–Kier alpha value is -1.71. The van der Waals surface area contributed by atoms with Crippen LogP contribution >= 0.6 is 0 Å². The first-order valence-corrected chi connectivity index (χ1v) is 5.86. The van der Waals surface area contributed by atoms with Crippen molar-refractivity contribution < 1.29 is 9.59 Å². The van der Waals surface area contributed by atoms with Crippen LogP contribution in [0.1, 0.15) is 32.3 Å². The van der Waals surface area contributed by atoms with Gasteiger partial charge in [-0.15, -0.1) is 0 Å². The van der Waals surface area contributed by atoms with Gasteiger partial charge < -0.3 is 0 Å². The Morgan fingerprint density at radius 3 is 2.65 bits per heavy atom. The quantitative estimate of drug-likeness (QED) is 0.784. The lowest BCUT2D eigenvalue weighted by atomic mass is 9.69. The topological polar surface area (TPSA) is 59.1 Å². The number of piperidine rings is 1. The zero-order valence-corrected chi connectivity index (χ0v) is 10.1. The molecular weight excluding hydrogens is 216 g/mol. The molecule has 2 heterocycles. The molecule has 0 saturated carbocycles. The van der Waals surface area contributed by atoms with E-state index in [4.69, 9.17) is 0 Å².